The predicted molar refractivity (Wildman–Crippen MR) is 135 cm³/mol. The molecular weight excluding hydrogens is 408 g/mol. The van der Waals surface area contributed by atoms with Crippen LogP contribution in [0.3, 0.4) is 0 Å². The number of allylic oxidation sites excluding steroid dienone is 1. The number of carbonyl (C=O) groups is 1. The fourth-order valence-electron chi connectivity index (χ4n) is 9.86. The van der Waals surface area contributed by atoms with Gasteiger partial charge in [0.25, 0.3) is 0 Å². The third-order valence-corrected chi connectivity index (χ3v) is 11.8. The lowest BCUT2D eigenvalue weighted by atomic mass is 9.38. The normalized spacial score (nSPS) is 49.3. The zero-order valence-electron chi connectivity index (χ0n) is 22.1. The first-order valence-electron chi connectivity index (χ1n) is 13.5. The van der Waals surface area contributed by atoms with E-state index in [0.717, 1.165) is 25.7 Å². The molecule has 1 heterocycles. The van der Waals surface area contributed by atoms with Gasteiger partial charge in [-0.1, -0.05) is 45.1 Å². The van der Waals surface area contributed by atoms with Gasteiger partial charge >= 0.3 is 5.97 Å². The maximum Gasteiger partial charge on any atom is 0.303 e. The molecule has 186 valence electrons. The molecular formula is C30H48O3. The van der Waals surface area contributed by atoms with Crippen molar-refractivity contribution >= 4 is 5.97 Å². The quantitative estimate of drug-likeness (QED) is 0.415. The Morgan fingerprint density at radius 1 is 0.879 bits per heavy atom. The fourth-order valence-corrected chi connectivity index (χ4v) is 9.86. The van der Waals surface area contributed by atoms with Gasteiger partial charge in [0.05, 0.1) is 11.7 Å². The van der Waals surface area contributed by atoms with Crippen LogP contribution in [0.5, 0.6) is 0 Å². The maximum atomic E-state index is 11.6. The number of hydrogen-bond donors (Lipinski definition) is 1. The van der Waals surface area contributed by atoms with E-state index in [2.05, 4.69) is 54.7 Å². The highest BCUT2D eigenvalue weighted by Gasteiger charge is 2.67. The van der Waals surface area contributed by atoms with Crippen LogP contribution in [0.2, 0.25) is 0 Å². The first kappa shape index (κ1) is 25.0. The molecule has 1 saturated heterocycles. The van der Waals surface area contributed by atoms with E-state index in [1.54, 1.807) is 0 Å². The topological polar surface area (TPSA) is 46.5 Å². The second-order valence-corrected chi connectivity index (χ2v) is 13.4. The standard InChI is InChI=1S/C30H48O3/c1-19(2)21-11-17-29(7)25(27(21,5)15-14-26(31)32)10-9-22-23(12-16-28(22,29)6)30(8)18-13-24(33-30)20(3)4/h21-25H,1,3,9-18H2,2,4-8H3,(H,31,32)/t21-,22+,23+,24-,25-,27-,28+,29+,30-/m0/s1. The number of rotatable bonds is 6. The van der Waals surface area contributed by atoms with E-state index in [1.807, 2.05) is 0 Å². The monoisotopic (exact) mass is 456 g/mol. The minimum absolute atomic E-state index is 0.0160. The number of carboxylic acid groups (broad SMARTS) is 1. The minimum Gasteiger partial charge on any atom is -0.481 e. The zero-order chi connectivity index (χ0) is 24.4. The summed E-state index contributed by atoms with van der Waals surface area (Å²) in [7, 11) is 0. The molecule has 4 rings (SSSR count). The molecule has 0 bridgehead atoms. The lowest BCUT2D eigenvalue weighted by molar-refractivity contribution is -0.180. The molecule has 4 fully saturated rings. The van der Waals surface area contributed by atoms with Gasteiger partial charge < -0.3 is 9.84 Å². The number of carboxylic acids is 1. The van der Waals surface area contributed by atoms with Crippen molar-refractivity contribution in [2.75, 3.05) is 0 Å². The van der Waals surface area contributed by atoms with Crippen molar-refractivity contribution in [1.82, 2.24) is 0 Å². The third-order valence-electron chi connectivity index (χ3n) is 11.8. The summed E-state index contributed by atoms with van der Waals surface area (Å²) in [6, 6.07) is 0. The summed E-state index contributed by atoms with van der Waals surface area (Å²) in [5, 5.41) is 9.55. The lowest BCUT2D eigenvalue weighted by Gasteiger charge is -2.66. The molecule has 0 unspecified atom stereocenters. The van der Waals surface area contributed by atoms with Gasteiger partial charge in [-0.15, -0.1) is 0 Å². The molecule has 0 amide bonds. The van der Waals surface area contributed by atoms with E-state index in [9.17, 15) is 9.90 Å². The highest BCUT2D eigenvalue weighted by Crippen LogP contribution is 2.74. The van der Waals surface area contributed by atoms with Gasteiger partial charge in [0, 0.05) is 6.42 Å². The Kier molecular flexibility index (Phi) is 6.25. The molecule has 3 aliphatic carbocycles. The average Bonchev–Trinajstić information content (AvgIpc) is 3.29. The van der Waals surface area contributed by atoms with Gasteiger partial charge in [0.2, 0.25) is 0 Å². The SMILES string of the molecule is C=C(C)[C@@H]1CC[C@@](C)([C@@H]2CC[C@]3(C)[C@@H]2CC[C@H]2[C@@](C)(CCC(=O)O)[C@H](C(=C)C)CC[C@]23C)O1. The summed E-state index contributed by atoms with van der Waals surface area (Å²) in [5.74, 6) is 1.63. The Balaban J connectivity index is 1.65. The first-order valence-corrected chi connectivity index (χ1v) is 13.5. The van der Waals surface area contributed by atoms with Gasteiger partial charge in [0.15, 0.2) is 0 Å². The van der Waals surface area contributed by atoms with Crippen LogP contribution in [0.15, 0.2) is 24.3 Å². The largest absolute Gasteiger partial charge is 0.481 e. The molecule has 0 radical (unpaired) electrons. The van der Waals surface area contributed by atoms with Crippen LogP contribution in [0.25, 0.3) is 0 Å². The van der Waals surface area contributed by atoms with E-state index in [-0.39, 0.29) is 29.0 Å². The molecule has 9 atom stereocenters. The van der Waals surface area contributed by atoms with Gasteiger partial charge in [-0.25, -0.2) is 0 Å². The van der Waals surface area contributed by atoms with E-state index in [1.165, 1.54) is 43.3 Å². The molecule has 3 saturated carbocycles. The second kappa shape index (κ2) is 8.25. The highest BCUT2D eigenvalue weighted by atomic mass is 16.5. The van der Waals surface area contributed by atoms with Crippen LogP contribution in [-0.4, -0.2) is 22.8 Å². The first-order chi connectivity index (χ1) is 15.3. The molecule has 3 heteroatoms. The summed E-state index contributed by atoms with van der Waals surface area (Å²) in [6.45, 7) is 22.8. The second-order valence-electron chi connectivity index (χ2n) is 13.4. The van der Waals surface area contributed by atoms with Crippen molar-refractivity contribution in [2.24, 2.45) is 39.9 Å². The van der Waals surface area contributed by atoms with Crippen LogP contribution in [0, 0.1) is 39.9 Å². The van der Waals surface area contributed by atoms with Crippen molar-refractivity contribution in [3.05, 3.63) is 24.3 Å². The number of aliphatic carboxylic acids is 1. The molecule has 0 aromatic rings. The summed E-state index contributed by atoms with van der Waals surface area (Å²) in [5.41, 5.74) is 2.94. The number of hydrogen-bond acceptors (Lipinski definition) is 2. The summed E-state index contributed by atoms with van der Waals surface area (Å²) < 4.78 is 6.74. The maximum absolute atomic E-state index is 11.6. The Morgan fingerprint density at radius 3 is 2.12 bits per heavy atom. The molecule has 0 aromatic carbocycles. The van der Waals surface area contributed by atoms with E-state index in [0.29, 0.717) is 29.1 Å². The van der Waals surface area contributed by atoms with Crippen LogP contribution in [0.4, 0.5) is 0 Å². The van der Waals surface area contributed by atoms with Crippen molar-refractivity contribution < 1.29 is 14.6 Å². The van der Waals surface area contributed by atoms with Crippen molar-refractivity contribution in [3.8, 4) is 0 Å². The average molecular weight is 457 g/mol. The van der Waals surface area contributed by atoms with Crippen molar-refractivity contribution in [3.63, 3.8) is 0 Å². The van der Waals surface area contributed by atoms with Crippen LogP contribution in [0.1, 0.15) is 106 Å². The van der Waals surface area contributed by atoms with Crippen LogP contribution < -0.4 is 0 Å². The summed E-state index contributed by atoms with van der Waals surface area (Å²) in [6.07, 6.45) is 10.9. The van der Waals surface area contributed by atoms with Gasteiger partial charge in [0.1, 0.15) is 0 Å². The Labute approximate surface area is 202 Å². The molecule has 0 aromatic heterocycles. The van der Waals surface area contributed by atoms with E-state index in [4.69, 9.17) is 4.74 Å². The van der Waals surface area contributed by atoms with Gasteiger partial charge in [-0.05, 0) is 118 Å². The van der Waals surface area contributed by atoms with Crippen LogP contribution in [-0.2, 0) is 9.53 Å². The minimum atomic E-state index is -0.664. The molecule has 33 heavy (non-hydrogen) atoms. The molecule has 3 nitrogen and oxygen atoms in total. The zero-order valence-corrected chi connectivity index (χ0v) is 22.1. The number of ether oxygens (including phenoxy) is 1. The Hall–Kier alpha value is -1.09. The van der Waals surface area contributed by atoms with Gasteiger partial charge in [-0.2, -0.15) is 0 Å². The molecule has 0 spiro atoms. The summed E-state index contributed by atoms with van der Waals surface area (Å²) in [4.78, 5) is 11.6. The van der Waals surface area contributed by atoms with E-state index >= 15 is 0 Å². The van der Waals surface area contributed by atoms with Crippen LogP contribution >= 0.6 is 0 Å². The van der Waals surface area contributed by atoms with Crippen molar-refractivity contribution in [2.45, 2.75) is 117 Å². The third kappa shape index (κ3) is 3.67. The van der Waals surface area contributed by atoms with Gasteiger partial charge in [-0.3, -0.25) is 4.79 Å². The molecule has 4 aliphatic rings. The fraction of sp³-hybridized carbons (Fsp3) is 0.833. The van der Waals surface area contributed by atoms with Crippen molar-refractivity contribution in [1.29, 1.82) is 0 Å². The lowest BCUT2D eigenvalue weighted by Crippen LogP contribution is -2.60. The summed E-state index contributed by atoms with van der Waals surface area (Å²) >= 11 is 0. The van der Waals surface area contributed by atoms with E-state index < -0.39 is 5.97 Å². The molecule has 1 aliphatic heterocycles. The predicted octanol–water partition coefficient (Wildman–Crippen LogP) is 7.81. The smallest absolute Gasteiger partial charge is 0.303 e. The Morgan fingerprint density at radius 2 is 1.55 bits per heavy atom. The highest BCUT2D eigenvalue weighted by molar-refractivity contribution is 5.66. The molecule has 1 N–H and O–H groups in total. The Bertz CT molecular complexity index is 830. The number of fused-ring (bicyclic) bond motifs is 3.